The summed E-state index contributed by atoms with van der Waals surface area (Å²) in [4.78, 5) is 24.1. The van der Waals surface area contributed by atoms with Gasteiger partial charge in [0.2, 0.25) is 0 Å². The van der Waals surface area contributed by atoms with Gasteiger partial charge in [-0.2, -0.15) is 0 Å². The molecular formula is C16H14O5. The number of aromatic hydroxyl groups is 2. The van der Waals surface area contributed by atoms with Crippen molar-refractivity contribution in [1.82, 2.24) is 0 Å². The Morgan fingerprint density at radius 2 is 1.57 bits per heavy atom. The molecule has 0 fully saturated rings. The molecule has 0 atom stereocenters. The molecule has 0 spiro atoms. The van der Waals surface area contributed by atoms with E-state index in [4.69, 9.17) is 4.74 Å². The van der Waals surface area contributed by atoms with Crippen LogP contribution in [0, 0.1) is 0 Å². The summed E-state index contributed by atoms with van der Waals surface area (Å²) < 4.78 is 4.86. The van der Waals surface area contributed by atoms with E-state index in [0.29, 0.717) is 5.56 Å². The number of rotatable bonds is 5. The van der Waals surface area contributed by atoms with Crippen molar-refractivity contribution >= 4 is 11.6 Å². The molecular weight excluding hydrogens is 272 g/mol. The molecule has 0 aliphatic carbocycles. The number of carbonyl (C=O) groups excluding carboxylic acids is 2. The first-order valence-corrected chi connectivity index (χ1v) is 6.24. The average molecular weight is 286 g/mol. The molecule has 5 nitrogen and oxygen atoms in total. The van der Waals surface area contributed by atoms with Crippen molar-refractivity contribution in [2.75, 3.05) is 7.11 Å². The quantitative estimate of drug-likeness (QED) is 0.652. The third-order valence-electron chi connectivity index (χ3n) is 3.00. The second-order valence-corrected chi connectivity index (χ2v) is 4.43. The fraction of sp³-hybridized carbons (Fsp3) is 0.125. The molecule has 0 heterocycles. The number of carbonyl (C=O) groups is 2. The third-order valence-corrected chi connectivity index (χ3v) is 3.00. The third kappa shape index (κ3) is 3.20. The van der Waals surface area contributed by atoms with Gasteiger partial charge in [-0.3, -0.25) is 9.59 Å². The largest absolute Gasteiger partial charge is 0.507 e. The Morgan fingerprint density at radius 3 is 2.10 bits per heavy atom. The maximum Gasteiger partial charge on any atom is 0.178 e. The maximum absolute atomic E-state index is 12.1. The number of Topliss-reactive ketones (excluding diaryl/α,β-unsaturated/α-hetero) is 2. The second-order valence-electron chi connectivity index (χ2n) is 4.43. The highest BCUT2D eigenvalue weighted by molar-refractivity contribution is 6.15. The van der Waals surface area contributed by atoms with Crippen molar-refractivity contribution in [3.63, 3.8) is 0 Å². The molecule has 5 heteroatoms. The predicted molar refractivity (Wildman–Crippen MR) is 76.0 cm³/mol. The van der Waals surface area contributed by atoms with Gasteiger partial charge < -0.3 is 14.9 Å². The molecule has 21 heavy (non-hydrogen) atoms. The van der Waals surface area contributed by atoms with Gasteiger partial charge in [0.15, 0.2) is 11.6 Å². The van der Waals surface area contributed by atoms with Crippen LogP contribution in [0.5, 0.6) is 17.2 Å². The summed E-state index contributed by atoms with van der Waals surface area (Å²) in [6.45, 7) is 0. The number of ketones is 2. The Morgan fingerprint density at radius 1 is 1.00 bits per heavy atom. The molecule has 2 N–H and O–H groups in total. The van der Waals surface area contributed by atoms with Crippen molar-refractivity contribution in [2.24, 2.45) is 0 Å². The number of benzene rings is 2. The van der Waals surface area contributed by atoms with Gasteiger partial charge in [0.1, 0.15) is 22.8 Å². The summed E-state index contributed by atoms with van der Waals surface area (Å²) in [6.07, 6.45) is -0.433. The van der Waals surface area contributed by atoms with Gasteiger partial charge in [0.05, 0.1) is 13.5 Å². The summed E-state index contributed by atoms with van der Waals surface area (Å²) in [6, 6.07) is 10.8. The normalized spacial score (nSPS) is 10.1. The lowest BCUT2D eigenvalue weighted by atomic mass is 10.00. The van der Waals surface area contributed by atoms with Crippen LogP contribution in [0.1, 0.15) is 27.1 Å². The van der Waals surface area contributed by atoms with Gasteiger partial charge in [-0.05, 0) is 0 Å². The lowest BCUT2D eigenvalue weighted by molar-refractivity contribution is 0.0892. The van der Waals surface area contributed by atoms with E-state index in [1.807, 2.05) is 0 Å². The lowest BCUT2D eigenvalue weighted by Crippen LogP contribution is -2.09. The summed E-state index contributed by atoms with van der Waals surface area (Å²) in [5.74, 6) is -1.65. The molecule has 0 amide bonds. The number of phenols is 2. The highest BCUT2D eigenvalue weighted by atomic mass is 16.5. The molecule has 0 aliphatic heterocycles. The van der Waals surface area contributed by atoms with Crippen molar-refractivity contribution in [3.8, 4) is 17.2 Å². The Bertz CT molecular complexity index is 653. The van der Waals surface area contributed by atoms with Crippen molar-refractivity contribution in [1.29, 1.82) is 0 Å². The molecule has 0 aliphatic rings. The minimum Gasteiger partial charge on any atom is -0.507 e. The van der Waals surface area contributed by atoms with Crippen LogP contribution in [0.2, 0.25) is 0 Å². The van der Waals surface area contributed by atoms with Crippen LogP contribution in [0.15, 0.2) is 42.5 Å². The van der Waals surface area contributed by atoms with E-state index >= 15 is 0 Å². The molecule has 2 aromatic carbocycles. The monoisotopic (exact) mass is 286 g/mol. The zero-order valence-electron chi connectivity index (χ0n) is 11.4. The summed E-state index contributed by atoms with van der Waals surface area (Å²) in [5.41, 5.74) is 0.124. The first-order valence-electron chi connectivity index (χ1n) is 6.24. The lowest BCUT2D eigenvalue weighted by Gasteiger charge is -2.08. The van der Waals surface area contributed by atoms with E-state index in [1.165, 1.54) is 19.2 Å². The first-order chi connectivity index (χ1) is 10.0. The van der Waals surface area contributed by atoms with Crippen LogP contribution in [-0.4, -0.2) is 28.9 Å². The molecule has 0 radical (unpaired) electrons. The van der Waals surface area contributed by atoms with Crippen LogP contribution in [0.3, 0.4) is 0 Å². The molecule has 108 valence electrons. The van der Waals surface area contributed by atoms with Gasteiger partial charge in [-0.15, -0.1) is 0 Å². The fourth-order valence-electron chi connectivity index (χ4n) is 1.95. The minimum absolute atomic E-state index is 0.218. The first kappa shape index (κ1) is 14.6. The van der Waals surface area contributed by atoms with E-state index in [-0.39, 0.29) is 17.1 Å². The Balaban J connectivity index is 2.23. The zero-order chi connectivity index (χ0) is 15.4. The van der Waals surface area contributed by atoms with Crippen LogP contribution >= 0.6 is 0 Å². The van der Waals surface area contributed by atoms with Crippen molar-refractivity contribution < 1.29 is 24.5 Å². The Hall–Kier alpha value is -2.82. The van der Waals surface area contributed by atoms with E-state index in [1.54, 1.807) is 30.3 Å². The topological polar surface area (TPSA) is 83.8 Å². The number of phenolic OH excluding ortho intramolecular Hbond substituents is 2. The van der Waals surface area contributed by atoms with Gasteiger partial charge in [0.25, 0.3) is 0 Å². The molecule has 2 rings (SSSR count). The standard InChI is InChI=1S/C16H14O5/c1-21-11-7-13(18)16(14(19)8-11)15(20)9-12(17)10-5-3-2-4-6-10/h2-8,18-19H,9H2,1H3. The number of hydrogen-bond donors (Lipinski definition) is 2. The predicted octanol–water partition coefficient (Wildman–Crippen LogP) is 2.56. The zero-order valence-corrected chi connectivity index (χ0v) is 11.4. The van der Waals surface area contributed by atoms with E-state index in [0.717, 1.165) is 0 Å². The summed E-state index contributed by atoms with van der Waals surface area (Å²) >= 11 is 0. The average Bonchev–Trinajstić information content (AvgIpc) is 2.47. The maximum atomic E-state index is 12.1. The Labute approximate surface area is 121 Å². The molecule has 0 saturated carbocycles. The van der Waals surface area contributed by atoms with Crippen LogP contribution in [0.25, 0.3) is 0 Å². The molecule has 2 aromatic rings. The highest BCUT2D eigenvalue weighted by Gasteiger charge is 2.21. The number of hydrogen-bond acceptors (Lipinski definition) is 5. The summed E-state index contributed by atoms with van der Waals surface area (Å²) in [5, 5.41) is 19.6. The summed E-state index contributed by atoms with van der Waals surface area (Å²) in [7, 11) is 1.37. The number of methoxy groups -OCH3 is 1. The van der Waals surface area contributed by atoms with Crippen LogP contribution in [-0.2, 0) is 0 Å². The van der Waals surface area contributed by atoms with Gasteiger partial charge >= 0.3 is 0 Å². The van der Waals surface area contributed by atoms with Crippen molar-refractivity contribution in [3.05, 3.63) is 53.6 Å². The molecule has 0 unspecified atom stereocenters. The molecule has 0 aromatic heterocycles. The SMILES string of the molecule is COc1cc(O)c(C(=O)CC(=O)c2ccccc2)c(O)c1. The molecule has 0 saturated heterocycles. The van der Waals surface area contributed by atoms with Crippen LogP contribution in [0.4, 0.5) is 0 Å². The Kier molecular flexibility index (Phi) is 4.23. The van der Waals surface area contributed by atoms with Crippen LogP contribution < -0.4 is 4.74 Å². The molecule has 0 bridgehead atoms. The second kappa shape index (κ2) is 6.09. The highest BCUT2D eigenvalue weighted by Crippen LogP contribution is 2.33. The van der Waals surface area contributed by atoms with Crippen molar-refractivity contribution in [2.45, 2.75) is 6.42 Å². The van der Waals surface area contributed by atoms with Gasteiger partial charge in [-0.1, -0.05) is 30.3 Å². The van der Waals surface area contributed by atoms with Gasteiger partial charge in [-0.25, -0.2) is 0 Å². The van der Waals surface area contributed by atoms with Gasteiger partial charge in [0, 0.05) is 17.7 Å². The van der Waals surface area contributed by atoms with E-state index < -0.39 is 23.7 Å². The van der Waals surface area contributed by atoms with E-state index in [2.05, 4.69) is 0 Å². The minimum atomic E-state index is -0.651. The van der Waals surface area contributed by atoms with E-state index in [9.17, 15) is 19.8 Å². The number of ether oxygens (including phenoxy) is 1. The fourth-order valence-corrected chi connectivity index (χ4v) is 1.95. The smallest absolute Gasteiger partial charge is 0.178 e.